The zero-order valence-corrected chi connectivity index (χ0v) is 18.0. The second-order valence-corrected chi connectivity index (χ2v) is 8.82. The summed E-state index contributed by atoms with van der Waals surface area (Å²) in [6, 6.07) is 9.22. The van der Waals surface area contributed by atoms with Crippen LogP contribution < -0.4 is 5.32 Å². The molecule has 3 aromatic rings. The van der Waals surface area contributed by atoms with E-state index in [1.807, 2.05) is 15.6 Å². The van der Waals surface area contributed by atoms with Gasteiger partial charge in [-0.3, -0.25) is 9.59 Å². The largest absolute Gasteiger partial charge is 0.339 e. The van der Waals surface area contributed by atoms with Crippen molar-refractivity contribution in [1.29, 1.82) is 0 Å². The zero-order valence-electron chi connectivity index (χ0n) is 18.0. The van der Waals surface area contributed by atoms with Crippen LogP contribution >= 0.6 is 0 Å². The van der Waals surface area contributed by atoms with Gasteiger partial charge in [-0.05, 0) is 69.9 Å². The quantitative estimate of drug-likeness (QED) is 0.668. The summed E-state index contributed by atoms with van der Waals surface area (Å²) >= 11 is 0. The van der Waals surface area contributed by atoms with Crippen LogP contribution in [0.4, 0.5) is 5.69 Å². The number of anilines is 1. The summed E-state index contributed by atoms with van der Waals surface area (Å²) in [7, 11) is 0. The predicted molar refractivity (Wildman–Crippen MR) is 119 cm³/mol. The van der Waals surface area contributed by atoms with E-state index >= 15 is 0 Å². The van der Waals surface area contributed by atoms with Crippen LogP contribution in [0.25, 0.3) is 11.0 Å². The van der Waals surface area contributed by atoms with Crippen LogP contribution in [0.2, 0.25) is 0 Å². The lowest BCUT2D eigenvalue weighted by Gasteiger charge is -2.15. The molecule has 2 aliphatic rings. The Balaban J connectivity index is 1.40. The molecule has 7 heteroatoms. The first-order valence-electron chi connectivity index (χ1n) is 11.1. The number of pyridine rings is 1. The lowest BCUT2D eigenvalue weighted by molar-refractivity contribution is 0.0792. The Bertz CT molecular complexity index is 1140. The Morgan fingerprint density at radius 1 is 1.10 bits per heavy atom. The molecule has 1 aromatic carbocycles. The second kappa shape index (κ2) is 7.80. The summed E-state index contributed by atoms with van der Waals surface area (Å²) < 4.78 is 1.87. The highest BCUT2D eigenvalue weighted by molar-refractivity contribution is 6.12. The Hall–Kier alpha value is -3.22. The molecular weight excluding hydrogens is 390 g/mol. The minimum absolute atomic E-state index is 0.0568. The fourth-order valence-corrected chi connectivity index (χ4v) is 4.19. The van der Waals surface area contributed by atoms with E-state index < -0.39 is 0 Å². The summed E-state index contributed by atoms with van der Waals surface area (Å²) in [6.45, 7) is 5.76. The summed E-state index contributed by atoms with van der Waals surface area (Å²) in [5.41, 5.74) is 3.64. The van der Waals surface area contributed by atoms with E-state index in [0.29, 0.717) is 22.7 Å². The number of nitrogens with zero attached hydrogens (tertiary/aromatic N) is 4. The number of hydrogen-bond acceptors (Lipinski definition) is 4. The van der Waals surface area contributed by atoms with E-state index in [-0.39, 0.29) is 17.9 Å². The maximum absolute atomic E-state index is 13.2. The molecule has 1 aliphatic carbocycles. The van der Waals surface area contributed by atoms with Gasteiger partial charge in [-0.25, -0.2) is 9.67 Å². The third-order valence-corrected chi connectivity index (χ3v) is 6.10. The van der Waals surface area contributed by atoms with Crippen LogP contribution in [0.3, 0.4) is 0 Å². The molecule has 0 atom stereocenters. The molecule has 0 radical (unpaired) electrons. The van der Waals surface area contributed by atoms with Gasteiger partial charge in [0.1, 0.15) is 0 Å². The van der Waals surface area contributed by atoms with Gasteiger partial charge in [-0.1, -0.05) is 0 Å². The molecule has 2 aromatic heterocycles. The van der Waals surface area contributed by atoms with Crippen molar-refractivity contribution in [2.45, 2.75) is 51.5 Å². The molecule has 5 rings (SSSR count). The van der Waals surface area contributed by atoms with Crippen molar-refractivity contribution in [2.75, 3.05) is 18.4 Å². The van der Waals surface area contributed by atoms with Gasteiger partial charge in [-0.15, -0.1) is 0 Å². The third kappa shape index (κ3) is 3.80. The summed E-state index contributed by atoms with van der Waals surface area (Å²) in [5.74, 6) is 0.306. The molecule has 0 bridgehead atoms. The molecular formula is C24H27N5O2. The van der Waals surface area contributed by atoms with Crippen molar-refractivity contribution < 1.29 is 9.59 Å². The van der Waals surface area contributed by atoms with Crippen molar-refractivity contribution in [2.24, 2.45) is 0 Å². The number of aromatic nitrogens is 3. The smallest absolute Gasteiger partial charge is 0.256 e. The first kappa shape index (κ1) is 19.7. The van der Waals surface area contributed by atoms with Gasteiger partial charge in [0.05, 0.1) is 17.1 Å². The Labute approximate surface area is 181 Å². The normalized spacial score (nSPS) is 16.3. The van der Waals surface area contributed by atoms with E-state index in [4.69, 9.17) is 4.98 Å². The molecule has 1 aliphatic heterocycles. The molecule has 0 spiro atoms. The SMILES string of the molecule is CC(C)n1ncc2c(C(=O)Nc3ccc(C(=O)N4CCCC4)cc3)cc(C3CC3)nc21. The van der Waals surface area contributed by atoms with E-state index in [1.165, 1.54) is 0 Å². The standard InChI is InChI=1S/C24H27N5O2/c1-15(2)29-22-20(14-25-29)19(13-21(27-22)16-5-6-16)23(30)26-18-9-7-17(8-10-18)24(31)28-11-3-4-12-28/h7-10,13-16H,3-6,11-12H2,1-2H3,(H,26,30). The van der Waals surface area contributed by atoms with Gasteiger partial charge < -0.3 is 10.2 Å². The number of carbonyl (C=O) groups is 2. The van der Waals surface area contributed by atoms with Crippen LogP contribution in [-0.2, 0) is 0 Å². The lowest BCUT2D eigenvalue weighted by atomic mass is 10.1. The Morgan fingerprint density at radius 2 is 1.81 bits per heavy atom. The fourth-order valence-electron chi connectivity index (χ4n) is 4.19. The molecule has 1 saturated carbocycles. The van der Waals surface area contributed by atoms with Crippen LogP contribution in [-0.4, -0.2) is 44.6 Å². The number of hydrogen-bond donors (Lipinski definition) is 1. The molecule has 1 N–H and O–H groups in total. The zero-order chi connectivity index (χ0) is 21.5. The number of likely N-dealkylation sites (tertiary alicyclic amines) is 1. The van der Waals surface area contributed by atoms with Crippen LogP contribution in [0.15, 0.2) is 36.5 Å². The highest BCUT2D eigenvalue weighted by Gasteiger charge is 2.28. The van der Waals surface area contributed by atoms with E-state index in [0.717, 1.165) is 55.5 Å². The van der Waals surface area contributed by atoms with Crippen molar-refractivity contribution in [3.63, 3.8) is 0 Å². The molecule has 2 fully saturated rings. The minimum atomic E-state index is -0.184. The monoisotopic (exact) mass is 417 g/mol. The molecule has 7 nitrogen and oxygen atoms in total. The van der Waals surface area contributed by atoms with Gasteiger partial charge in [0.2, 0.25) is 0 Å². The molecule has 2 amide bonds. The maximum atomic E-state index is 13.2. The van der Waals surface area contributed by atoms with Gasteiger partial charge in [0.25, 0.3) is 11.8 Å². The van der Waals surface area contributed by atoms with E-state index in [1.54, 1.807) is 30.5 Å². The van der Waals surface area contributed by atoms with Crippen molar-refractivity contribution in [3.05, 3.63) is 53.3 Å². The summed E-state index contributed by atoms with van der Waals surface area (Å²) in [6.07, 6.45) is 6.09. The van der Waals surface area contributed by atoms with E-state index in [9.17, 15) is 9.59 Å². The van der Waals surface area contributed by atoms with Gasteiger partial charge in [0.15, 0.2) is 5.65 Å². The highest BCUT2D eigenvalue weighted by Crippen LogP contribution is 2.40. The number of nitrogens with one attached hydrogen (secondary N) is 1. The van der Waals surface area contributed by atoms with Gasteiger partial charge >= 0.3 is 0 Å². The number of carbonyl (C=O) groups excluding carboxylic acids is 2. The van der Waals surface area contributed by atoms with Crippen molar-refractivity contribution in [3.8, 4) is 0 Å². The number of fused-ring (bicyclic) bond motifs is 1. The number of amides is 2. The van der Waals surface area contributed by atoms with Gasteiger partial charge in [-0.2, -0.15) is 5.10 Å². The van der Waals surface area contributed by atoms with Gasteiger partial charge in [0, 0.05) is 42.0 Å². The summed E-state index contributed by atoms with van der Waals surface area (Å²) in [4.78, 5) is 32.4. The molecule has 1 saturated heterocycles. The topological polar surface area (TPSA) is 80.1 Å². The molecule has 160 valence electrons. The fraction of sp³-hybridized carbons (Fsp3) is 0.417. The Morgan fingerprint density at radius 3 is 2.45 bits per heavy atom. The minimum Gasteiger partial charge on any atom is -0.339 e. The average molecular weight is 418 g/mol. The first-order chi connectivity index (χ1) is 15.0. The third-order valence-electron chi connectivity index (χ3n) is 6.10. The number of benzene rings is 1. The van der Waals surface area contributed by atoms with Crippen LogP contribution in [0.1, 0.15) is 77.9 Å². The molecule has 31 heavy (non-hydrogen) atoms. The van der Waals surface area contributed by atoms with Crippen molar-refractivity contribution >= 4 is 28.5 Å². The first-order valence-corrected chi connectivity index (χ1v) is 11.1. The maximum Gasteiger partial charge on any atom is 0.256 e. The highest BCUT2D eigenvalue weighted by atomic mass is 16.2. The Kier molecular flexibility index (Phi) is 4.96. The number of rotatable bonds is 5. The van der Waals surface area contributed by atoms with E-state index in [2.05, 4.69) is 24.3 Å². The second-order valence-electron chi connectivity index (χ2n) is 8.82. The van der Waals surface area contributed by atoms with Crippen LogP contribution in [0.5, 0.6) is 0 Å². The lowest BCUT2D eigenvalue weighted by Crippen LogP contribution is -2.27. The predicted octanol–water partition coefficient (Wildman–Crippen LogP) is 4.38. The van der Waals surface area contributed by atoms with Crippen LogP contribution in [0, 0.1) is 0 Å². The van der Waals surface area contributed by atoms with Crippen molar-refractivity contribution in [1.82, 2.24) is 19.7 Å². The summed E-state index contributed by atoms with van der Waals surface area (Å²) in [5, 5.41) is 8.21. The molecule has 0 unspecified atom stereocenters. The average Bonchev–Trinajstić information content (AvgIpc) is 3.30. The molecule has 3 heterocycles.